The number of hydrogen-bond donors (Lipinski definition) is 2. The van der Waals surface area contributed by atoms with Crippen molar-refractivity contribution in [2.45, 2.75) is 58.0 Å². The lowest BCUT2D eigenvalue weighted by Crippen LogP contribution is -2.56. The molecule has 2 N–H and O–H groups in total. The van der Waals surface area contributed by atoms with Crippen molar-refractivity contribution in [2.24, 2.45) is 5.92 Å². The predicted molar refractivity (Wildman–Crippen MR) is 69.0 cm³/mol. The van der Waals surface area contributed by atoms with Gasteiger partial charge < -0.3 is 15.4 Å². The molecule has 0 saturated heterocycles. The van der Waals surface area contributed by atoms with Crippen molar-refractivity contribution in [1.29, 1.82) is 0 Å². The molecule has 0 radical (unpaired) electrons. The Morgan fingerprint density at radius 2 is 2.06 bits per heavy atom. The predicted octanol–water partition coefficient (Wildman–Crippen LogP) is 2.29. The van der Waals surface area contributed by atoms with Crippen LogP contribution in [0.2, 0.25) is 0 Å². The van der Waals surface area contributed by atoms with E-state index in [1.807, 2.05) is 0 Å². The second-order valence-electron chi connectivity index (χ2n) is 5.64. The highest BCUT2D eigenvalue weighted by Gasteiger charge is 2.33. The summed E-state index contributed by atoms with van der Waals surface area (Å²) in [5.74, 6) is 0.421. The molecule has 100 valence electrons. The van der Waals surface area contributed by atoms with Crippen LogP contribution >= 0.6 is 0 Å². The molecule has 4 nitrogen and oxygen atoms in total. The summed E-state index contributed by atoms with van der Waals surface area (Å²) in [5, 5.41) is 6.11. The van der Waals surface area contributed by atoms with Gasteiger partial charge in [-0.25, -0.2) is 4.79 Å². The molecule has 0 spiro atoms. The molecule has 4 heteroatoms. The molecule has 1 atom stereocenters. The second-order valence-corrected chi connectivity index (χ2v) is 5.64. The first-order valence-corrected chi connectivity index (χ1v) is 6.54. The average Bonchev–Trinajstić information content (AvgIpc) is 2.21. The van der Waals surface area contributed by atoms with E-state index in [0.29, 0.717) is 12.5 Å². The minimum atomic E-state index is -0.0398. The highest BCUT2D eigenvalue weighted by Crippen LogP contribution is 2.30. The fourth-order valence-electron chi connectivity index (χ4n) is 2.13. The molecule has 1 aliphatic carbocycles. The standard InChI is InChI=1S/C13H26N2O2/c1-10(2)11(6-9-17-4)14-12(16)15-13(3)7-5-8-13/h10-11H,5-9H2,1-4H3,(H2,14,15,16)/t11-/m0/s1. The van der Waals surface area contributed by atoms with Crippen LogP contribution in [0.5, 0.6) is 0 Å². The number of ether oxygens (including phenoxy) is 1. The number of carbonyl (C=O) groups is 1. The molecule has 0 bridgehead atoms. The van der Waals surface area contributed by atoms with Crippen LogP contribution < -0.4 is 10.6 Å². The number of nitrogens with one attached hydrogen (secondary N) is 2. The molecule has 0 aliphatic heterocycles. The van der Waals surface area contributed by atoms with Crippen molar-refractivity contribution in [1.82, 2.24) is 10.6 Å². The van der Waals surface area contributed by atoms with E-state index in [1.54, 1.807) is 7.11 Å². The summed E-state index contributed by atoms with van der Waals surface area (Å²) in [4.78, 5) is 11.9. The van der Waals surface area contributed by atoms with E-state index >= 15 is 0 Å². The molecule has 0 aromatic heterocycles. The summed E-state index contributed by atoms with van der Waals surface area (Å²) >= 11 is 0. The summed E-state index contributed by atoms with van der Waals surface area (Å²) in [7, 11) is 1.69. The van der Waals surface area contributed by atoms with Crippen molar-refractivity contribution in [3.8, 4) is 0 Å². The Bertz CT molecular complexity index is 250. The van der Waals surface area contributed by atoms with Crippen molar-refractivity contribution < 1.29 is 9.53 Å². The largest absolute Gasteiger partial charge is 0.385 e. The van der Waals surface area contributed by atoms with Crippen LogP contribution in [-0.4, -0.2) is 31.3 Å². The fourth-order valence-corrected chi connectivity index (χ4v) is 2.13. The van der Waals surface area contributed by atoms with Gasteiger partial charge in [-0.15, -0.1) is 0 Å². The maximum absolute atomic E-state index is 11.9. The summed E-state index contributed by atoms with van der Waals surface area (Å²) in [6.45, 7) is 7.02. The molecule has 0 heterocycles. The van der Waals surface area contributed by atoms with Crippen LogP contribution in [0.25, 0.3) is 0 Å². The van der Waals surface area contributed by atoms with Gasteiger partial charge in [0.05, 0.1) is 0 Å². The molecule has 1 fully saturated rings. The maximum Gasteiger partial charge on any atom is 0.315 e. The Balaban J connectivity index is 2.35. The van der Waals surface area contributed by atoms with Gasteiger partial charge in [-0.05, 0) is 38.5 Å². The van der Waals surface area contributed by atoms with E-state index in [1.165, 1.54) is 6.42 Å². The third-order valence-electron chi connectivity index (χ3n) is 3.63. The van der Waals surface area contributed by atoms with E-state index in [2.05, 4.69) is 31.4 Å². The normalized spacial score (nSPS) is 19.6. The first kappa shape index (κ1) is 14.3. The van der Waals surface area contributed by atoms with Gasteiger partial charge in [-0.1, -0.05) is 13.8 Å². The van der Waals surface area contributed by atoms with Crippen LogP contribution in [0.4, 0.5) is 4.79 Å². The lowest BCUT2D eigenvalue weighted by molar-refractivity contribution is 0.165. The minimum Gasteiger partial charge on any atom is -0.385 e. The zero-order chi connectivity index (χ0) is 12.9. The third-order valence-corrected chi connectivity index (χ3v) is 3.63. The first-order chi connectivity index (χ1) is 7.97. The van der Waals surface area contributed by atoms with Crippen LogP contribution in [-0.2, 0) is 4.74 Å². The molecule has 0 unspecified atom stereocenters. The van der Waals surface area contributed by atoms with Crippen LogP contribution in [0.15, 0.2) is 0 Å². The Kier molecular flexibility index (Phi) is 5.25. The van der Waals surface area contributed by atoms with E-state index in [-0.39, 0.29) is 17.6 Å². The molecule has 1 rings (SSSR count). The molecule has 0 aromatic carbocycles. The lowest BCUT2D eigenvalue weighted by Gasteiger charge is -2.39. The van der Waals surface area contributed by atoms with Crippen LogP contribution in [0.1, 0.15) is 46.5 Å². The van der Waals surface area contributed by atoms with Crippen molar-refractivity contribution in [3.63, 3.8) is 0 Å². The quantitative estimate of drug-likeness (QED) is 0.751. The van der Waals surface area contributed by atoms with Gasteiger partial charge in [0.15, 0.2) is 0 Å². The smallest absolute Gasteiger partial charge is 0.315 e. The second kappa shape index (κ2) is 6.24. The maximum atomic E-state index is 11.9. The van der Waals surface area contributed by atoms with Gasteiger partial charge >= 0.3 is 6.03 Å². The van der Waals surface area contributed by atoms with Crippen LogP contribution in [0, 0.1) is 5.92 Å². The highest BCUT2D eigenvalue weighted by molar-refractivity contribution is 5.75. The van der Waals surface area contributed by atoms with E-state index in [9.17, 15) is 4.79 Å². The zero-order valence-electron chi connectivity index (χ0n) is 11.5. The summed E-state index contributed by atoms with van der Waals surface area (Å²) < 4.78 is 5.07. The number of carbonyl (C=O) groups excluding carboxylic acids is 1. The molecule has 1 saturated carbocycles. The molecule has 17 heavy (non-hydrogen) atoms. The van der Waals surface area contributed by atoms with Crippen LogP contribution in [0.3, 0.4) is 0 Å². The SMILES string of the molecule is COCC[C@H](NC(=O)NC1(C)CCC1)C(C)C. The van der Waals surface area contributed by atoms with Crippen molar-refractivity contribution in [3.05, 3.63) is 0 Å². The number of methoxy groups -OCH3 is 1. The molecule has 1 aliphatic rings. The summed E-state index contributed by atoms with van der Waals surface area (Å²) in [5.41, 5.74) is 0.0207. The van der Waals surface area contributed by atoms with Crippen molar-refractivity contribution >= 4 is 6.03 Å². The Labute approximate surface area is 104 Å². The topological polar surface area (TPSA) is 50.4 Å². The Morgan fingerprint density at radius 3 is 2.47 bits per heavy atom. The molecule has 2 amide bonds. The zero-order valence-corrected chi connectivity index (χ0v) is 11.5. The van der Waals surface area contributed by atoms with Gasteiger partial charge in [0, 0.05) is 25.3 Å². The van der Waals surface area contributed by atoms with Crippen molar-refractivity contribution in [2.75, 3.05) is 13.7 Å². The fraction of sp³-hybridized carbons (Fsp3) is 0.923. The average molecular weight is 242 g/mol. The monoisotopic (exact) mass is 242 g/mol. The molecule has 0 aromatic rings. The highest BCUT2D eigenvalue weighted by atomic mass is 16.5. The Morgan fingerprint density at radius 1 is 1.41 bits per heavy atom. The van der Waals surface area contributed by atoms with Gasteiger partial charge in [0.25, 0.3) is 0 Å². The minimum absolute atomic E-state index is 0.0207. The summed E-state index contributed by atoms with van der Waals surface area (Å²) in [6, 6.07) is 0.139. The first-order valence-electron chi connectivity index (χ1n) is 6.54. The van der Waals surface area contributed by atoms with Gasteiger partial charge in [-0.2, -0.15) is 0 Å². The number of rotatable bonds is 6. The summed E-state index contributed by atoms with van der Waals surface area (Å²) in [6.07, 6.45) is 4.25. The number of hydrogen-bond acceptors (Lipinski definition) is 2. The number of urea groups is 1. The lowest BCUT2D eigenvalue weighted by atomic mass is 9.79. The third kappa shape index (κ3) is 4.54. The van der Waals surface area contributed by atoms with E-state index in [4.69, 9.17) is 4.74 Å². The molecular weight excluding hydrogens is 216 g/mol. The van der Waals surface area contributed by atoms with Gasteiger partial charge in [-0.3, -0.25) is 0 Å². The molecular formula is C13H26N2O2. The van der Waals surface area contributed by atoms with E-state index in [0.717, 1.165) is 19.3 Å². The number of amides is 2. The van der Waals surface area contributed by atoms with E-state index < -0.39 is 0 Å². The Hall–Kier alpha value is -0.770. The van der Waals surface area contributed by atoms with Gasteiger partial charge in [0.2, 0.25) is 0 Å². The van der Waals surface area contributed by atoms with Gasteiger partial charge in [0.1, 0.15) is 0 Å².